The third kappa shape index (κ3) is 7.71. The van der Waals surface area contributed by atoms with E-state index >= 15 is 0 Å². The number of para-hydroxylation sites is 1. The molecular formula is C61H45NO. The molecule has 63 heavy (non-hydrogen) atoms. The number of hydrogen-bond acceptors (Lipinski definition) is 2. The first-order chi connectivity index (χ1) is 31.1. The van der Waals surface area contributed by atoms with Crippen molar-refractivity contribution in [1.29, 1.82) is 0 Å². The van der Waals surface area contributed by atoms with Gasteiger partial charge >= 0.3 is 0 Å². The number of hydrogen-bond donors (Lipinski definition) is 0. The average molecular weight is 808 g/mol. The summed E-state index contributed by atoms with van der Waals surface area (Å²) in [5, 5.41) is 9.79. The van der Waals surface area contributed by atoms with Gasteiger partial charge in [-0.05, 0) is 145 Å². The fourth-order valence-electron chi connectivity index (χ4n) is 8.65. The first kappa shape index (κ1) is 39.0. The Morgan fingerprint density at radius 3 is 1.56 bits per heavy atom. The van der Waals surface area contributed by atoms with E-state index in [0.717, 1.165) is 55.7 Å². The lowest BCUT2D eigenvalue weighted by atomic mass is 9.96. The lowest BCUT2D eigenvalue weighted by Gasteiger charge is -2.26. The second-order valence-electron chi connectivity index (χ2n) is 15.8. The predicted octanol–water partition coefficient (Wildman–Crippen LogP) is 17.8. The first-order valence-electron chi connectivity index (χ1n) is 21.4. The van der Waals surface area contributed by atoms with E-state index in [-0.39, 0.29) is 0 Å². The molecule has 0 atom stereocenters. The lowest BCUT2D eigenvalue weighted by molar-refractivity contribution is 0.669. The van der Waals surface area contributed by atoms with Gasteiger partial charge in [-0.2, -0.15) is 0 Å². The molecule has 0 saturated heterocycles. The van der Waals surface area contributed by atoms with Crippen molar-refractivity contribution in [2.75, 3.05) is 4.90 Å². The van der Waals surface area contributed by atoms with Gasteiger partial charge in [-0.15, -0.1) is 0 Å². The summed E-state index contributed by atoms with van der Waals surface area (Å²) < 4.78 is 6.11. The van der Waals surface area contributed by atoms with Crippen molar-refractivity contribution in [3.05, 3.63) is 249 Å². The third-order valence-corrected chi connectivity index (χ3v) is 12.0. The Morgan fingerprint density at radius 2 is 0.841 bits per heavy atom. The number of benzene rings is 10. The molecule has 0 unspecified atom stereocenters. The summed E-state index contributed by atoms with van der Waals surface area (Å²) in [5.41, 5.74) is 13.4. The molecule has 0 aliphatic carbocycles. The molecule has 0 aliphatic rings. The van der Waals surface area contributed by atoms with Crippen molar-refractivity contribution in [2.24, 2.45) is 0 Å². The zero-order chi connectivity index (χ0) is 42.7. The highest BCUT2D eigenvalue weighted by atomic mass is 16.3. The van der Waals surface area contributed by atoms with Gasteiger partial charge in [0.15, 0.2) is 0 Å². The molecule has 300 valence electrons. The van der Waals surface area contributed by atoms with Crippen molar-refractivity contribution >= 4 is 71.3 Å². The van der Waals surface area contributed by atoms with E-state index in [2.05, 4.69) is 218 Å². The van der Waals surface area contributed by atoms with E-state index in [1.165, 1.54) is 54.6 Å². The zero-order valence-corrected chi connectivity index (χ0v) is 35.2. The molecule has 10 aromatic carbocycles. The topological polar surface area (TPSA) is 16.4 Å². The van der Waals surface area contributed by atoms with Crippen LogP contribution in [0.4, 0.5) is 17.1 Å². The lowest BCUT2D eigenvalue weighted by Crippen LogP contribution is -2.09. The molecule has 2 heteroatoms. The summed E-state index contributed by atoms with van der Waals surface area (Å²) in [6, 6.07) is 76.6. The Bertz CT molecular complexity index is 3470. The largest absolute Gasteiger partial charge is 0.456 e. The van der Waals surface area contributed by atoms with Crippen LogP contribution in [0, 0.1) is 0 Å². The molecule has 0 saturated carbocycles. The van der Waals surface area contributed by atoms with Gasteiger partial charge in [-0.3, -0.25) is 0 Å². The van der Waals surface area contributed by atoms with Crippen LogP contribution in [0.5, 0.6) is 0 Å². The number of furan rings is 1. The number of fused-ring (bicyclic) bond motifs is 7. The molecule has 0 N–H and O–H groups in total. The summed E-state index contributed by atoms with van der Waals surface area (Å²) in [5.74, 6) is 0. The molecule has 1 aromatic heterocycles. The van der Waals surface area contributed by atoms with Gasteiger partial charge in [-0.25, -0.2) is 0 Å². The molecule has 0 aliphatic heterocycles. The second kappa shape index (κ2) is 17.0. The van der Waals surface area contributed by atoms with Crippen LogP contribution in [-0.2, 0) is 0 Å². The zero-order valence-electron chi connectivity index (χ0n) is 35.2. The quantitative estimate of drug-likeness (QED) is 0.112. The fraction of sp³-hybridized carbons (Fsp3) is 0.0164. The average Bonchev–Trinajstić information content (AvgIpc) is 3.73. The fourth-order valence-corrected chi connectivity index (χ4v) is 8.65. The molecule has 11 rings (SSSR count). The summed E-state index contributed by atoms with van der Waals surface area (Å²) in [4.78, 5) is 2.35. The van der Waals surface area contributed by atoms with Crippen molar-refractivity contribution in [1.82, 2.24) is 0 Å². The maximum Gasteiger partial charge on any atom is 0.135 e. The number of nitrogens with zero attached hydrogens (tertiary/aromatic N) is 1. The standard InChI is InChI=1S/C54H35NO.C7H10/c1-2-8-36(9-3-1)37-18-25-46(26-19-37)55(47-27-20-38(21-28-47)44-24-31-54-52(35-44)51-12-6-7-13-53(51)56-54)48-29-22-41-32-40(15-16-43(41)34-48)42-23-30-50-45(33-42)17-14-39-10-4-5-11-49(39)50;1-4-7(5-2)6-3/h1-35H;4-6H,1-2H2,3H3. The predicted molar refractivity (Wildman–Crippen MR) is 271 cm³/mol. The van der Waals surface area contributed by atoms with Crippen LogP contribution in [-0.4, -0.2) is 0 Å². The van der Waals surface area contributed by atoms with Gasteiger partial charge in [-0.1, -0.05) is 177 Å². The summed E-state index contributed by atoms with van der Waals surface area (Å²) in [6.45, 7) is 9.08. The first-order valence-corrected chi connectivity index (χ1v) is 21.4. The highest BCUT2D eigenvalue weighted by Crippen LogP contribution is 2.40. The van der Waals surface area contributed by atoms with E-state index in [4.69, 9.17) is 4.42 Å². The summed E-state index contributed by atoms with van der Waals surface area (Å²) in [6.07, 6.45) is 5.50. The van der Waals surface area contributed by atoms with Crippen molar-refractivity contribution in [3.63, 3.8) is 0 Å². The van der Waals surface area contributed by atoms with Crippen molar-refractivity contribution in [3.8, 4) is 33.4 Å². The van der Waals surface area contributed by atoms with Gasteiger partial charge in [0.25, 0.3) is 0 Å². The van der Waals surface area contributed by atoms with Gasteiger partial charge < -0.3 is 9.32 Å². The maximum absolute atomic E-state index is 6.11. The summed E-state index contributed by atoms with van der Waals surface area (Å²) in [7, 11) is 0. The van der Waals surface area contributed by atoms with Gasteiger partial charge in [0.2, 0.25) is 0 Å². The van der Waals surface area contributed by atoms with Gasteiger partial charge in [0.1, 0.15) is 11.2 Å². The van der Waals surface area contributed by atoms with Crippen molar-refractivity contribution in [2.45, 2.75) is 6.92 Å². The number of anilines is 3. The minimum absolute atomic E-state index is 0.908. The molecule has 1 heterocycles. The smallest absolute Gasteiger partial charge is 0.135 e. The summed E-state index contributed by atoms with van der Waals surface area (Å²) >= 11 is 0. The van der Waals surface area contributed by atoms with Crippen LogP contribution in [0.1, 0.15) is 6.92 Å². The van der Waals surface area contributed by atoms with E-state index < -0.39 is 0 Å². The highest BCUT2D eigenvalue weighted by Gasteiger charge is 2.15. The van der Waals surface area contributed by atoms with Crippen LogP contribution in [0.25, 0.3) is 87.6 Å². The molecule has 2 nitrogen and oxygen atoms in total. The third-order valence-electron chi connectivity index (χ3n) is 12.0. The normalized spacial score (nSPS) is 11.1. The SMILES string of the molecule is C=CC(C=C)=CC.c1ccc(-c2ccc(N(c3ccc(-c4ccc5oc6ccccc6c5c4)cc3)c3ccc4cc(-c5ccc6c(ccc7ccccc76)c5)ccc4c3)cc2)cc1. The van der Waals surface area contributed by atoms with Gasteiger partial charge in [0.05, 0.1) is 0 Å². The molecule has 0 bridgehead atoms. The van der Waals surface area contributed by atoms with E-state index in [1.54, 1.807) is 12.2 Å². The van der Waals surface area contributed by atoms with Crippen LogP contribution in [0.3, 0.4) is 0 Å². The maximum atomic E-state index is 6.11. The molecule has 11 aromatic rings. The molecule has 0 radical (unpaired) electrons. The minimum Gasteiger partial charge on any atom is -0.456 e. The van der Waals surface area contributed by atoms with Crippen LogP contribution in [0.2, 0.25) is 0 Å². The molecular weight excluding hydrogens is 763 g/mol. The Balaban J connectivity index is 0.000000624. The minimum atomic E-state index is 0.908. The van der Waals surface area contributed by atoms with Crippen LogP contribution < -0.4 is 4.90 Å². The number of allylic oxidation sites excluding steroid dienone is 4. The Morgan fingerprint density at radius 1 is 0.365 bits per heavy atom. The molecule has 0 spiro atoms. The Labute approximate surface area is 368 Å². The Hall–Kier alpha value is -8.20. The van der Waals surface area contributed by atoms with Gasteiger partial charge in [0, 0.05) is 27.8 Å². The van der Waals surface area contributed by atoms with E-state index in [1.807, 2.05) is 25.1 Å². The molecule has 0 fully saturated rings. The van der Waals surface area contributed by atoms with E-state index in [0.29, 0.717) is 0 Å². The van der Waals surface area contributed by atoms with E-state index in [9.17, 15) is 0 Å². The Kier molecular flexibility index (Phi) is 10.5. The van der Waals surface area contributed by atoms with Crippen LogP contribution in [0.15, 0.2) is 254 Å². The second-order valence-corrected chi connectivity index (χ2v) is 15.8. The van der Waals surface area contributed by atoms with Crippen molar-refractivity contribution < 1.29 is 4.42 Å². The van der Waals surface area contributed by atoms with Crippen LogP contribution >= 0.6 is 0 Å². The highest BCUT2D eigenvalue weighted by molar-refractivity contribution is 6.09. The number of rotatable bonds is 8. The molecule has 0 amide bonds. The monoisotopic (exact) mass is 807 g/mol.